The van der Waals surface area contributed by atoms with E-state index in [9.17, 15) is 0 Å². The van der Waals surface area contributed by atoms with Crippen LogP contribution >= 0.6 is 0 Å². The highest BCUT2D eigenvalue weighted by molar-refractivity contribution is 5.85. The molecule has 0 aromatic carbocycles. The van der Waals surface area contributed by atoms with Gasteiger partial charge in [-0.3, -0.25) is 4.99 Å². The van der Waals surface area contributed by atoms with Crippen LogP contribution in [0, 0.1) is 40.4 Å². The van der Waals surface area contributed by atoms with Gasteiger partial charge in [0.25, 0.3) is 0 Å². The van der Waals surface area contributed by atoms with Crippen molar-refractivity contribution < 1.29 is 0 Å². The van der Waals surface area contributed by atoms with Gasteiger partial charge in [-0.25, -0.2) is 0 Å². The van der Waals surface area contributed by atoms with Crippen LogP contribution < -0.4 is 0 Å². The third-order valence-electron chi connectivity index (χ3n) is 9.44. The molecule has 4 aliphatic carbocycles. The minimum Gasteiger partial charge on any atom is -0.297 e. The quantitative estimate of drug-likeness (QED) is 0.516. The summed E-state index contributed by atoms with van der Waals surface area (Å²) in [5, 5.41) is 0. The van der Waals surface area contributed by atoms with E-state index in [1.165, 1.54) is 63.5 Å². The first kappa shape index (κ1) is 16.2. The molecule has 1 heteroatoms. The Bertz CT molecular complexity index is 494. The van der Waals surface area contributed by atoms with Gasteiger partial charge >= 0.3 is 0 Å². The molecule has 0 spiro atoms. The minimum absolute atomic E-state index is 0.558. The Hall–Kier alpha value is -0.330. The monoisotopic (exact) mass is 315 g/mol. The van der Waals surface area contributed by atoms with Crippen LogP contribution in [0.1, 0.15) is 85.0 Å². The Kier molecular flexibility index (Phi) is 3.93. The van der Waals surface area contributed by atoms with Crippen molar-refractivity contribution in [2.75, 3.05) is 7.05 Å². The van der Waals surface area contributed by atoms with Crippen LogP contribution in [0.5, 0.6) is 0 Å². The van der Waals surface area contributed by atoms with Crippen molar-refractivity contribution in [3.05, 3.63) is 0 Å². The summed E-state index contributed by atoms with van der Waals surface area (Å²) in [5.41, 5.74) is 2.68. The van der Waals surface area contributed by atoms with Gasteiger partial charge in [-0.15, -0.1) is 0 Å². The molecule has 0 heterocycles. The second-order valence-electron chi connectivity index (χ2n) is 9.94. The molecule has 130 valence electrons. The average molecular weight is 316 g/mol. The summed E-state index contributed by atoms with van der Waals surface area (Å²) < 4.78 is 0. The van der Waals surface area contributed by atoms with Crippen molar-refractivity contribution in [3.8, 4) is 0 Å². The fourth-order valence-electron chi connectivity index (χ4n) is 8.14. The Balaban J connectivity index is 1.62. The largest absolute Gasteiger partial charge is 0.297 e. The lowest BCUT2D eigenvalue weighted by Crippen LogP contribution is -2.53. The van der Waals surface area contributed by atoms with Crippen molar-refractivity contribution in [1.82, 2.24) is 0 Å². The molecule has 0 aromatic rings. The van der Waals surface area contributed by atoms with E-state index in [2.05, 4.69) is 25.8 Å². The van der Waals surface area contributed by atoms with E-state index in [-0.39, 0.29) is 0 Å². The highest BCUT2D eigenvalue weighted by Gasteiger charge is 2.59. The van der Waals surface area contributed by atoms with Gasteiger partial charge in [-0.1, -0.05) is 26.7 Å². The number of fused-ring (bicyclic) bond motifs is 5. The lowest BCUT2D eigenvalue weighted by atomic mass is 9.45. The first-order valence-corrected chi connectivity index (χ1v) is 10.4. The van der Waals surface area contributed by atoms with Gasteiger partial charge in [0.1, 0.15) is 0 Å². The lowest BCUT2D eigenvalue weighted by Gasteiger charge is -2.60. The van der Waals surface area contributed by atoms with Gasteiger partial charge in [0, 0.05) is 18.7 Å². The zero-order chi connectivity index (χ0) is 16.2. The van der Waals surface area contributed by atoms with Crippen LogP contribution in [0.3, 0.4) is 0 Å². The van der Waals surface area contributed by atoms with Crippen LogP contribution in [0.2, 0.25) is 0 Å². The van der Waals surface area contributed by atoms with Crippen LogP contribution in [0.25, 0.3) is 0 Å². The van der Waals surface area contributed by atoms with Crippen molar-refractivity contribution in [1.29, 1.82) is 0 Å². The third-order valence-corrected chi connectivity index (χ3v) is 9.44. The summed E-state index contributed by atoms with van der Waals surface area (Å²) in [6, 6.07) is 0. The molecule has 0 aromatic heterocycles. The maximum absolute atomic E-state index is 4.61. The van der Waals surface area contributed by atoms with Crippen molar-refractivity contribution in [2.24, 2.45) is 45.4 Å². The topological polar surface area (TPSA) is 12.4 Å². The second kappa shape index (κ2) is 5.60. The summed E-state index contributed by atoms with van der Waals surface area (Å²) >= 11 is 0. The Morgan fingerprint density at radius 2 is 1.61 bits per heavy atom. The third kappa shape index (κ3) is 2.20. The summed E-state index contributed by atoms with van der Waals surface area (Å²) in [5.74, 6) is 4.89. The SMILES string of the molecule is CN=C(C)[C@H]1CCC2C3CC[C@H]4CCCC[C@]4(C)C3CC[C@@]21C. The highest BCUT2D eigenvalue weighted by atomic mass is 14.7. The number of hydrogen-bond acceptors (Lipinski definition) is 1. The normalized spacial score (nSPS) is 53.4. The van der Waals surface area contributed by atoms with E-state index in [0.717, 1.165) is 29.6 Å². The molecule has 4 saturated carbocycles. The maximum atomic E-state index is 4.61. The van der Waals surface area contributed by atoms with E-state index in [4.69, 9.17) is 0 Å². The molecule has 0 saturated heterocycles. The van der Waals surface area contributed by atoms with E-state index >= 15 is 0 Å². The molecule has 0 amide bonds. The van der Waals surface area contributed by atoms with Gasteiger partial charge < -0.3 is 0 Å². The van der Waals surface area contributed by atoms with Gasteiger partial charge in [0.05, 0.1) is 0 Å². The Morgan fingerprint density at radius 1 is 0.826 bits per heavy atom. The van der Waals surface area contributed by atoms with E-state index < -0.39 is 0 Å². The van der Waals surface area contributed by atoms with Crippen LogP contribution in [0.4, 0.5) is 0 Å². The second-order valence-corrected chi connectivity index (χ2v) is 9.94. The maximum Gasteiger partial charge on any atom is 0.0276 e. The summed E-state index contributed by atoms with van der Waals surface area (Å²) in [7, 11) is 2.01. The molecule has 23 heavy (non-hydrogen) atoms. The van der Waals surface area contributed by atoms with E-state index in [1.807, 2.05) is 7.05 Å². The van der Waals surface area contributed by atoms with Gasteiger partial charge in [0.2, 0.25) is 0 Å². The van der Waals surface area contributed by atoms with Gasteiger partial charge in [-0.2, -0.15) is 0 Å². The number of hydrogen-bond donors (Lipinski definition) is 0. The molecule has 4 aliphatic rings. The van der Waals surface area contributed by atoms with Crippen LogP contribution in [-0.4, -0.2) is 12.8 Å². The molecule has 0 bridgehead atoms. The van der Waals surface area contributed by atoms with Crippen LogP contribution in [-0.2, 0) is 0 Å². The van der Waals surface area contributed by atoms with E-state index in [1.54, 1.807) is 6.42 Å². The molecule has 0 N–H and O–H groups in total. The summed E-state index contributed by atoms with van der Waals surface area (Å²) in [4.78, 5) is 4.61. The first-order valence-electron chi connectivity index (χ1n) is 10.4. The van der Waals surface area contributed by atoms with Gasteiger partial charge in [-0.05, 0) is 92.8 Å². The molecule has 4 fully saturated rings. The fraction of sp³-hybridized carbons (Fsp3) is 0.955. The van der Waals surface area contributed by atoms with Crippen molar-refractivity contribution in [3.63, 3.8) is 0 Å². The molecule has 0 aliphatic heterocycles. The number of nitrogens with zero attached hydrogens (tertiary/aromatic N) is 1. The zero-order valence-electron chi connectivity index (χ0n) is 15.9. The molecule has 3 unspecified atom stereocenters. The number of rotatable bonds is 1. The minimum atomic E-state index is 0.558. The Morgan fingerprint density at radius 3 is 2.39 bits per heavy atom. The standard InChI is InChI=1S/C22H37N/c1-15(23-4)18-10-11-19-17-9-8-16-7-5-6-13-21(16,2)20(17)12-14-22(18,19)3/h16-20H,5-14H2,1-4H3/t16-,17?,18-,19?,20?,21+,22-/m1/s1. The average Bonchev–Trinajstić information content (AvgIpc) is 2.91. The molecule has 0 radical (unpaired) electrons. The number of aliphatic imine (C=N–C) groups is 1. The molecule has 4 rings (SSSR count). The zero-order valence-corrected chi connectivity index (χ0v) is 15.9. The van der Waals surface area contributed by atoms with Crippen molar-refractivity contribution >= 4 is 5.71 Å². The fourth-order valence-corrected chi connectivity index (χ4v) is 8.14. The summed E-state index contributed by atoms with van der Waals surface area (Å²) in [6.45, 7) is 7.63. The van der Waals surface area contributed by atoms with Crippen LogP contribution in [0.15, 0.2) is 4.99 Å². The molecule has 7 atom stereocenters. The first-order chi connectivity index (χ1) is 11.0. The predicted octanol–water partition coefficient (Wildman–Crippen LogP) is 6.13. The van der Waals surface area contributed by atoms with Crippen molar-refractivity contribution in [2.45, 2.75) is 85.0 Å². The molecular formula is C22H37N. The molecule has 1 nitrogen and oxygen atoms in total. The van der Waals surface area contributed by atoms with Gasteiger partial charge in [0.15, 0.2) is 0 Å². The summed E-state index contributed by atoms with van der Waals surface area (Å²) in [6.07, 6.45) is 15.0. The lowest BCUT2D eigenvalue weighted by molar-refractivity contribution is -0.106. The van der Waals surface area contributed by atoms with E-state index in [0.29, 0.717) is 10.8 Å². The predicted molar refractivity (Wildman–Crippen MR) is 98.9 cm³/mol. The Labute approximate surface area is 143 Å². The smallest absolute Gasteiger partial charge is 0.0276 e. The highest BCUT2D eigenvalue weighted by Crippen LogP contribution is 2.67. The molecular weight excluding hydrogens is 278 g/mol.